The van der Waals surface area contributed by atoms with Gasteiger partial charge in [0, 0.05) is 60.9 Å². The number of ether oxygens (including phenoxy) is 4. The Hall–Kier alpha value is -3.06. The molecule has 1 aromatic carbocycles. The molecule has 350 valence electrons. The molecule has 12 heteroatoms. The minimum Gasteiger partial charge on any atom is -0.461 e. The highest BCUT2D eigenvalue weighted by atomic mass is 16.6. The smallest absolute Gasteiger partial charge is 0.338 e. The molecular weight excluding hydrogens is 785 g/mol. The van der Waals surface area contributed by atoms with Crippen molar-refractivity contribution in [1.29, 1.82) is 0 Å². The summed E-state index contributed by atoms with van der Waals surface area (Å²) in [6.07, 6.45) is 13.5. The number of benzene rings is 1. The zero-order valence-electron chi connectivity index (χ0n) is 40.6. The quantitative estimate of drug-likeness (QED) is 0.122. The molecule has 0 saturated carbocycles. The summed E-state index contributed by atoms with van der Waals surface area (Å²) in [6.45, 7) is 27.0. The Labute approximate surface area is 373 Å². The Morgan fingerprint density at radius 2 is 0.871 bits per heavy atom. The van der Waals surface area contributed by atoms with E-state index >= 15 is 0 Å². The molecule has 0 atom stereocenters. The van der Waals surface area contributed by atoms with Gasteiger partial charge in [-0.15, -0.1) is 0 Å². The van der Waals surface area contributed by atoms with E-state index in [-0.39, 0.29) is 36.2 Å². The molecule has 4 saturated heterocycles. The predicted octanol–water partition coefficient (Wildman–Crippen LogP) is 9.23. The van der Waals surface area contributed by atoms with Crippen LogP contribution < -0.4 is 10.6 Å². The number of hydrogen-bond acceptors (Lipinski definition) is 10. The molecule has 4 aliphatic heterocycles. The number of esters is 2. The van der Waals surface area contributed by atoms with E-state index in [2.05, 4.69) is 104 Å². The molecule has 4 aliphatic rings. The number of rotatable bonds is 20. The van der Waals surface area contributed by atoms with Gasteiger partial charge >= 0.3 is 11.9 Å². The lowest BCUT2D eigenvalue weighted by Gasteiger charge is -2.57. The molecular formula is C50H82N4O8. The number of nitrogens with one attached hydrogen (secondary N) is 2. The Bertz CT molecular complexity index is 1580. The third-order valence-electron chi connectivity index (χ3n) is 14.3. The third kappa shape index (κ3) is 10.7. The molecule has 5 rings (SSSR count). The topological polar surface area (TPSA) is 136 Å². The first-order valence-electron chi connectivity index (χ1n) is 24.0. The molecule has 0 unspecified atom stereocenters. The molecule has 4 fully saturated rings. The molecule has 0 aliphatic carbocycles. The lowest BCUT2D eigenvalue weighted by atomic mass is 9.70. The van der Waals surface area contributed by atoms with Crippen LogP contribution in [0.2, 0.25) is 0 Å². The van der Waals surface area contributed by atoms with E-state index in [4.69, 9.17) is 18.9 Å². The zero-order chi connectivity index (χ0) is 45.8. The number of hydrogen-bond donors (Lipinski definition) is 2. The summed E-state index contributed by atoms with van der Waals surface area (Å²) in [5.74, 6) is -1.06. The molecule has 0 aromatic heterocycles. The van der Waals surface area contributed by atoms with Crippen molar-refractivity contribution in [3.05, 3.63) is 35.4 Å². The highest BCUT2D eigenvalue weighted by Crippen LogP contribution is 2.52. The summed E-state index contributed by atoms with van der Waals surface area (Å²) < 4.78 is 25.5. The van der Waals surface area contributed by atoms with Gasteiger partial charge in [-0.3, -0.25) is 19.4 Å². The summed E-state index contributed by atoms with van der Waals surface area (Å²) in [7, 11) is 0. The van der Waals surface area contributed by atoms with Crippen molar-refractivity contribution in [1.82, 2.24) is 20.4 Å². The standard InChI is InChI=1S/C50H82N4O8/c1-13-17-24-49(25-18-14-2)51-41(57)47(61-49)33-43(5,6)53(44(7,8)34-47)28-30-59-39(55)37-22-21-23-38(32-37)40(56)60-31-29-54-45(9,10)35-48(36-46(54,11)12)42(58)52-50(62-48,26-19-15-3)27-20-16-4/h21-23,32H,13-20,24-31,33-36H2,1-12H3,(H,51,57)(H,52,58). The van der Waals surface area contributed by atoms with Gasteiger partial charge in [-0.1, -0.05) is 59.4 Å². The van der Waals surface area contributed by atoms with Crippen molar-refractivity contribution in [2.75, 3.05) is 26.3 Å². The van der Waals surface area contributed by atoms with E-state index in [1.807, 2.05) is 0 Å². The van der Waals surface area contributed by atoms with Crippen molar-refractivity contribution in [2.24, 2.45) is 0 Å². The first-order valence-corrected chi connectivity index (χ1v) is 24.0. The number of piperidine rings is 2. The van der Waals surface area contributed by atoms with Gasteiger partial charge in [-0.2, -0.15) is 0 Å². The zero-order valence-corrected chi connectivity index (χ0v) is 40.6. The van der Waals surface area contributed by atoms with Gasteiger partial charge in [0.15, 0.2) is 11.2 Å². The maximum Gasteiger partial charge on any atom is 0.338 e. The molecule has 0 bridgehead atoms. The van der Waals surface area contributed by atoms with Crippen molar-refractivity contribution in [2.45, 2.75) is 231 Å². The van der Waals surface area contributed by atoms with Crippen LogP contribution >= 0.6 is 0 Å². The minimum atomic E-state index is -0.919. The van der Waals surface area contributed by atoms with Gasteiger partial charge in [0.05, 0.1) is 11.1 Å². The average Bonchev–Trinajstić information content (AvgIpc) is 3.59. The number of carbonyl (C=O) groups excluding carboxylic acids is 4. The van der Waals surface area contributed by atoms with Crippen LogP contribution in [-0.4, -0.2) is 105 Å². The van der Waals surface area contributed by atoms with Crippen LogP contribution in [-0.2, 0) is 28.5 Å². The SMILES string of the molecule is CCCCC1(CCCC)NC(=O)C2(CC(C)(C)N(CCOC(=O)c3cccc(C(=O)OCCN4C(C)(C)CC5(CC4(C)C)OC(CCCC)(CCCC)NC5=O)c3)C(C)(C)C2)O1. The number of amides is 2. The van der Waals surface area contributed by atoms with Gasteiger partial charge in [0.2, 0.25) is 0 Å². The van der Waals surface area contributed by atoms with Crippen LogP contribution in [0.1, 0.15) is 207 Å². The Kier molecular flexibility index (Phi) is 15.5. The van der Waals surface area contributed by atoms with Gasteiger partial charge in [-0.25, -0.2) is 9.59 Å². The Morgan fingerprint density at radius 1 is 0.565 bits per heavy atom. The van der Waals surface area contributed by atoms with Crippen LogP contribution in [0.3, 0.4) is 0 Å². The summed E-state index contributed by atoms with van der Waals surface area (Å²) in [5, 5.41) is 6.66. The van der Waals surface area contributed by atoms with Crippen LogP contribution in [0.25, 0.3) is 0 Å². The van der Waals surface area contributed by atoms with Crippen LogP contribution in [0, 0.1) is 0 Å². The van der Waals surface area contributed by atoms with Gasteiger partial charge in [0.1, 0.15) is 24.7 Å². The van der Waals surface area contributed by atoms with E-state index in [1.54, 1.807) is 18.2 Å². The van der Waals surface area contributed by atoms with Gasteiger partial charge in [0.25, 0.3) is 11.8 Å². The lowest BCUT2D eigenvalue weighted by Crippen LogP contribution is -2.67. The number of carbonyl (C=O) groups is 4. The van der Waals surface area contributed by atoms with Crippen molar-refractivity contribution in [3.8, 4) is 0 Å². The molecule has 2 amide bonds. The summed E-state index contributed by atoms with van der Waals surface area (Å²) in [6, 6.07) is 6.49. The molecule has 2 N–H and O–H groups in total. The summed E-state index contributed by atoms with van der Waals surface area (Å²) in [5.41, 5.74) is -4.23. The highest BCUT2D eigenvalue weighted by Gasteiger charge is 2.64. The summed E-state index contributed by atoms with van der Waals surface area (Å²) >= 11 is 0. The van der Waals surface area contributed by atoms with Crippen LogP contribution in [0.4, 0.5) is 0 Å². The maximum absolute atomic E-state index is 13.8. The number of likely N-dealkylation sites (tertiary alicyclic amines) is 2. The number of unbranched alkanes of at least 4 members (excludes halogenated alkanes) is 4. The molecule has 12 nitrogen and oxygen atoms in total. The van der Waals surface area contributed by atoms with Gasteiger partial charge in [-0.05, 0) is 125 Å². The highest BCUT2D eigenvalue weighted by molar-refractivity contribution is 5.95. The predicted molar refractivity (Wildman–Crippen MR) is 243 cm³/mol. The van der Waals surface area contributed by atoms with Crippen molar-refractivity contribution < 1.29 is 38.1 Å². The fourth-order valence-electron chi connectivity index (χ4n) is 12.1. The maximum atomic E-state index is 13.8. The molecule has 1 aromatic rings. The van der Waals surface area contributed by atoms with Gasteiger partial charge < -0.3 is 29.6 Å². The first kappa shape index (κ1) is 49.9. The monoisotopic (exact) mass is 867 g/mol. The van der Waals surface area contributed by atoms with Crippen molar-refractivity contribution in [3.63, 3.8) is 0 Å². The van der Waals surface area contributed by atoms with E-state index < -0.39 is 56.7 Å². The second kappa shape index (κ2) is 19.2. The van der Waals surface area contributed by atoms with Crippen LogP contribution in [0.15, 0.2) is 24.3 Å². The van der Waals surface area contributed by atoms with Crippen LogP contribution in [0.5, 0.6) is 0 Å². The summed E-state index contributed by atoms with van der Waals surface area (Å²) in [4.78, 5) is 59.1. The van der Waals surface area contributed by atoms with E-state index in [1.165, 1.54) is 6.07 Å². The Morgan fingerprint density at radius 3 is 1.16 bits per heavy atom. The molecule has 0 radical (unpaired) electrons. The van der Waals surface area contributed by atoms with Crippen molar-refractivity contribution >= 4 is 23.8 Å². The Balaban J connectivity index is 1.16. The molecule has 2 spiro atoms. The largest absolute Gasteiger partial charge is 0.461 e. The lowest BCUT2D eigenvalue weighted by molar-refractivity contribution is -0.192. The van der Waals surface area contributed by atoms with E-state index in [0.717, 1.165) is 77.0 Å². The normalized spacial score (nSPS) is 23.9. The average molecular weight is 867 g/mol. The third-order valence-corrected chi connectivity index (χ3v) is 14.3. The fourth-order valence-corrected chi connectivity index (χ4v) is 12.1. The minimum absolute atomic E-state index is 0.0105. The second-order valence-electron chi connectivity index (χ2n) is 21.6. The van der Waals surface area contributed by atoms with E-state index in [0.29, 0.717) is 38.8 Å². The first-order chi connectivity index (χ1) is 29.0. The number of nitrogens with zero attached hydrogens (tertiary/aromatic N) is 2. The molecule has 62 heavy (non-hydrogen) atoms. The van der Waals surface area contributed by atoms with E-state index in [9.17, 15) is 19.2 Å². The fraction of sp³-hybridized carbons (Fsp3) is 0.800. The molecule has 4 heterocycles. The second-order valence-corrected chi connectivity index (χ2v) is 21.6.